The maximum atomic E-state index is 11.9. The van der Waals surface area contributed by atoms with E-state index in [1.165, 1.54) is 7.11 Å². The van der Waals surface area contributed by atoms with Gasteiger partial charge in [-0.2, -0.15) is 0 Å². The van der Waals surface area contributed by atoms with E-state index in [1.54, 1.807) is 23.9 Å². The second-order valence-corrected chi connectivity index (χ2v) is 6.89. The molecule has 0 N–H and O–H groups in total. The molecule has 27 heavy (non-hydrogen) atoms. The number of thioether (sulfide) groups is 1. The number of hydrogen-bond acceptors (Lipinski definition) is 5. The minimum Gasteiger partial charge on any atom is -0.465 e. The summed E-state index contributed by atoms with van der Waals surface area (Å²) < 4.78 is 8.82. The second-order valence-electron chi connectivity index (χ2n) is 5.95. The number of ether oxygens (including phenoxy) is 1. The van der Waals surface area contributed by atoms with Crippen molar-refractivity contribution in [2.45, 2.75) is 17.5 Å². The summed E-state index contributed by atoms with van der Waals surface area (Å²) in [7, 11) is 1.37. The first-order chi connectivity index (χ1) is 13.2. The maximum Gasteiger partial charge on any atom is 0.341 e. The molecule has 0 unspecified atom stereocenters. The Hall–Kier alpha value is -3.06. The van der Waals surface area contributed by atoms with Gasteiger partial charge in [0.05, 0.1) is 23.8 Å². The van der Waals surface area contributed by atoms with Crippen LogP contribution in [-0.4, -0.2) is 32.0 Å². The number of para-hydroxylation sites is 2. The second kappa shape index (κ2) is 7.28. The maximum absolute atomic E-state index is 11.9. The van der Waals surface area contributed by atoms with E-state index in [0.29, 0.717) is 23.5 Å². The Bertz CT molecular complexity index is 1150. The molecule has 0 saturated carbocycles. The Morgan fingerprint density at radius 2 is 2.11 bits per heavy atom. The molecule has 3 heterocycles. The number of allylic oxidation sites excluding steroid dienone is 1. The first-order valence-corrected chi connectivity index (χ1v) is 9.43. The van der Waals surface area contributed by atoms with Crippen molar-refractivity contribution in [3.63, 3.8) is 0 Å². The molecule has 0 saturated heterocycles. The third kappa shape index (κ3) is 3.21. The van der Waals surface area contributed by atoms with Crippen LogP contribution in [0.15, 0.2) is 66.6 Å². The minimum absolute atomic E-state index is 0.391. The van der Waals surface area contributed by atoms with Crippen molar-refractivity contribution in [1.29, 1.82) is 0 Å². The fraction of sp³-hybridized carbons (Fsp3) is 0.150. The van der Waals surface area contributed by atoms with Gasteiger partial charge in [-0.25, -0.2) is 14.8 Å². The molecule has 0 atom stereocenters. The van der Waals surface area contributed by atoms with Crippen LogP contribution in [0.2, 0.25) is 0 Å². The van der Waals surface area contributed by atoms with E-state index in [1.807, 2.05) is 41.1 Å². The van der Waals surface area contributed by atoms with Crippen LogP contribution in [0.4, 0.5) is 0 Å². The van der Waals surface area contributed by atoms with Gasteiger partial charge in [0.25, 0.3) is 0 Å². The lowest BCUT2D eigenvalue weighted by Crippen LogP contribution is -2.03. The van der Waals surface area contributed by atoms with Gasteiger partial charge < -0.3 is 13.7 Å². The predicted molar refractivity (Wildman–Crippen MR) is 106 cm³/mol. The van der Waals surface area contributed by atoms with Gasteiger partial charge in [-0.3, -0.25) is 0 Å². The summed E-state index contributed by atoms with van der Waals surface area (Å²) in [5.74, 6) is 0.251. The molecule has 6 nitrogen and oxygen atoms in total. The number of pyridine rings is 1. The monoisotopic (exact) mass is 378 g/mol. The Morgan fingerprint density at radius 3 is 2.93 bits per heavy atom. The molecule has 0 aliphatic heterocycles. The smallest absolute Gasteiger partial charge is 0.341 e. The van der Waals surface area contributed by atoms with Gasteiger partial charge in [0.2, 0.25) is 0 Å². The Kier molecular flexibility index (Phi) is 4.68. The van der Waals surface area contributed by atoms with Crippen molar-refractivity contribution in [3.05, 3.63) is 72.7 Å². The lowest BCUT2D eigenvalue weighted by molar-refractivity contribution is 0.0602. The molecule has 3 aromatic heterocycles. The summed E-state index contributed by atoms with van der Waals surface area (Å²) in [6.07, 6.45) is 5.66. The summed E-state index contributed by atoms with van der Waals surface area (Å²) in [4.78, 5) is 21.3. The molecule has 0 bridgehead atoms. The van der Waals surface area contributed by atoms with E-state index in [-0.39, 0.29) is 0 Å². The van der Waals surface area contributed by atoms with Crippen LogP contribution in [0.25, 0.3) is 16.7 Å². The zero-order valence-electron chi connectivity index (χ0n) is 14.8. The molecule has 0 aliphatic rings. The third-order valence-electron chi connectivity index (χ3n) is 4.22. The topological polar surface area (TPSA) is 61.4 Å². The number of benzene rings is 1. The van der Waals surface area contributed by atoms with Crippen molar-refractivity contribution >= 4 is 34.4 Å². The molecule has 1 aromatic carbocycles. The number of fused-ring (bicyclic) bond motifs is 2. The molecule has 7 heteroatoms. The van der Waals surface area contributed by atoms with Crippen molar-refractivity contribution in [2.24, 2.45) is 0 Å². The third-order valence-corrected chi connectivity index (χ3v) is 5.23. The van der Waals surface area contributed by atoms with Crippen molar-refractivity contribution in [3.8, 4) is 0 Å². The van der Waals surface area contributed by atoms with Crippen molar-refractivity contribution in [1.82, 2.24) is 18.9 Å². The van der Waals surface area contributed by atoms with Crippen LogP contribution < -0.4 is 0 Å². The molecular weight excluding hydrogens is 360 g/mol. The van der Waals surface area contributed by atoms with Crippen molar-refractivity contribution in [2.75, 3.05) is 7.11 Å². The van der Waals surface area contributed by atoms with E-state index in [0.717, 1.165) is 21.9 Å². The standard InChI is InChI=1S/C20H18N4O2S/c1-3-10-24-17-9-5-4-8-16(17)22-20(24)27-13-14-12-23-11-6-7-15(18(23)21-14)19(25)26-2/h3-9,11-12H,1,10,13H2,2H3. The Morgan fingerprint density at radius 1 is 1.26 bits per heavy atom. The minimum atomic E-state index is -0.391. The Balaban J connectivity index is 1.64. The van der Waals surface area contributed by atoms with Gasteiger partial charge in [-0.15, -0.1) is 6.58 Å². The van der Waals surface area contributed by atoms with Crippen LogP contribution in [0, 0.1) is 0 Å². The summed E-state index contributed by atoms with van der Waals surface area (Å²) in [5.41, 5.74) is 3.97. The SMILES string of the molecule is C=CCn1c(SCc2cn3cccc(C(=O)OC)c3n2)nc2ccccc21. The molecule has 0 aliphatic carbocycles. The number of imidazole rings is 2. The first kappa shape index (κ1) is 17.4. The Labute approximate surface area is 160 Å². The molecule has 0 fully saturated rings. The summed E-state index contributed by atoms with van der Waals surface area (Å²) in [6, 6.07) is 11.6. The van der Waals surface area contributed by atoms with Crippen LogP contribution in [0.1, 0.15) is 16.1 Å². The fourth-order valence-electron chi connectivity index (χ4n) is 3.01. The number of nitrogens with zero attached hydrogens (tertiary/aromatic N) is 4. The summed E-state index contributed by atoms with van der Waals surface area (Å²) in [6.45, 7) is 4.54. The highest BCUT2D eigenvalue weighted by Gasteiger charge is 2.15. The van der Waals surface area contributed by atoms with Crippen LogP contribution >= 0.6 is 11.8 Å². The fourth-order valence-corrected chi connectivity index (χ4v) is 3.92. The van der Waals surface area contributed by atoms with E-state index in [9.17, 15) is 4.79 Å². The molecule has 0 radical (unpaired) electrons. The zero-order valence-corrected chi connectivity index (χ0v) is 15.6. The molecule has 0 amide bonds. The molecule has 136 valence electrons. The van der Waals surface area contributed by atoms with Crippen molar-refractivity contribution < 1.29 is 9.53 Å². The van der Waals surface area contributed by atoms with Gasteiger partial charge in [0.1, 0.15) is 5.56 Å². The quantitative estimate of drug-likeness (QED) is 0.289. The van der Waals surface area contributed by atoms with Gasteiger partial charge in [0, 0.05) is 24.7 Å². The van der Waals surface area contributed by atoms with Crippen LogP contribution in [0.5, 0.6) is 0 Å². The van der Waals surface area contributed by atoms with E-state index >= 15 is 0 Å². The van der Waals surface area contributed by atoms with Crippen LogP contribution in [-0.2, 0) is 17.0 Å². The average molecular weight is 378 g/mol. The highest BCUT2D eigenvalue weighted by molar-refractivity contribution is 7.98. The van der Waals surface area contributed by atoms with Crippen LogP contribution in [0.3, 0.4) is 0 Å². The number of carbonyl (C=O) groups excluding carboxylic acids is 1. The number of hydrogen-bond donors (Lipinski definition) is 0. The number of rotatable bonds is 6. The molecule has 4 rings (SSSR count). The number of esters is 1. The van der Waals surface area contributed by atoms with E-state index < -0.39 is 5.97 Å². The lowest BCUT2D eigenvalue weighted by Gasteiger charge is -2.04. The molecule has 0 spiro atoms. The number of aromatic nitrogens is 4. The largest absolute Gasteiger partial charge is 0.465 e. The zero-order chi connectivity index (χ0) is 18.8. The summed E-state index contributed by atoms with van der Waals surface area (Å²) in [5, 5.41) is 0.918. The van der Waals surface area contributed by atoms with E-state index in [2.05, 4.69) is 22.2 Å². The summed E-state index contributed by atoms with van der Waals surface area (Å²) >= 11 is 1.61. The molecule has 4 aromatic rings. The van der Waals surface area contributed by atoms with Gasteiger partial charge in [-0.05, 0) is 24.3 Å². The first-order valence-electron chi connectivity index (χ1n) is 8.45. The lowest BCUT2D eigenvalue weighted by atomic mass is 10.3. The van der Waals surface area contributed by atoms with Gasteiger partial charge in [0.15, 0.2) is 10.8 Å². The highest BCUT2D eigenvalue weighted by atomic mass is 32.2. The molecular formula is C20H18N4O2S. The van der Waals surface area contributed by atoms with Gasteiger partial charge >= 0.3 is 5.97 Å². The van der Waals surface area contributed by atoms with Gasteiger partial charge in [-0.1, -0.05) is 30.0 Å². The normalized spacial score (nSPS) is 11.1. The number of carbonyl (C=O) groups is 1. The highest BCUT2D eigenvalue weighted by Crippen LogP contribution is 2.27. The van der Waals surface area contributed by atoms with E-state index in [4.69, 9.17) is 9.72 Å². The predicted octanol–water partition coefficient (Wildman–Crippen LogP) is 3.95. The number of methoxy groups -OCH3 is 1. The average Bonchev–Trinajstić information content (AvgIpc) is 3.27.